The third-order valence-electron chi connectivity index (χ3n) is 6.53. The van der Waals surface area contributed by atoms with Crippen molar-refractivity contribution in [1.82, 2.24) is 14.2 Å². The van der Waals surface area contributed by atoms with E-state index in [4.69, 9.17) is 4.74 Å². The van der Waals surface area contributed by atoms with Crippen LogP contribution in [-0.4, -0.2) is 72.5 Å². The van der Waals surface area contributed by atoms with Gasteiger partial charge in [-0.05, 0) is 37.3 Å². The second-order valence-corrected chi connectivity index (χ2v) is 11.5. The number of nitrogens with zero attached hydrogens (tertiary/aromatic N) is 3. The highest BCUT2D eigenvalue weighted by Gasteiger charge is 2.35. The van der Waals surface area contributed by atoms with Crippen LogP contribution < -0.4 is 4.74 Å². The maximum absolute atomic E-state index is 13.6. The van der Waals surface area contributed by atoms with Crippen LogP contribution in [0.5, 0.6) is 5.88 Å². The predicted molar refractivity (Wildman–Crippen MR) is 144 cm³/mol. The lowest BCUT2D eigenvalue weighted by Gasteiger charge is -2.37. The highest BCUT2D eigenvalue weighted by Crippen LogP contribution is 2.28. The Hall–Kier alpha value is -3.71. The van der Waals surface area contributed by atoms with Gasteiger partial charge in [-0.2, -0.15) is 4.31 Å². The molecular formula is C29H31N3O5S. The predicted octanol–water partition coefficient (Wildman–Crippen LogP) is 3.02. The van der Waals surface area contributed by atoms with Crippen LogP contribution in [0.25, 0.3) is 0 Å². The second kappa shape index (κ2) is 11.8. The number of carbonyl (C=O) groups excluding carboxylic acids is 1. The Labute approximate surface area is 223 Å². The molecule has 1 aromatic heterocycles. The number of aromatic nitrogens is 1. The van der Waals surface area contributed by atoms with Crippen LogP contribution in [0, 0.1) is 17.8 Å². The summed E-state index contributed by atoms with van der Waals surface area (Å²) < 4.78 is 33.8. The molecule has 0 unspecified atom stereocenters. The maximum atomic E-state index is 13.6. The van der Waals surface area contributed by atoms with Crippen LogP contribution in [0.2, 0.25) is 0 Å². The van der Waals surface area contributed by atoms with Crippen molar-refractivity contribution in [2.75, 3.05) is 26.7 Å². The minimum Gasteiger partial charge on any atom is -0.472 e. The molecule has 8 nitrogen and oxygen atoms in total. The van der Waals surface area contributed by atoms with Gasteiger partial charge in [-0.1, -0.05) is 55.2 Å². The summed E-state index contributed by atoms with van der Waals surface area (Å²) in [6, 6.07) is 18.9. The van der Waals surface area contributed by atoms with Gasteiger partial charge in [0.1, 0.15) is 11.7 Å². The van der Waals surface area contributed by atoms with E-state index in [0.29, 0.717) is 5.56 Å². The van der Waals surface area contributed by atoms with Gasteiger partial charge in [0.2, 0.25) is 15.9 Å². The number of amides is 1. The summed E-state index contributed by atoms with van der Waals surface area (Å²) in [4.78, 5) is 19.8. The Balaban J connectivity index is 1.68. The van der Waals surface area contributed by atoms with E-state index in [1.807, 2.05) is 37.3 Å². The summed E-state index contributed by atoms with van der Waals surface area (Å²) in [5.74, 6) is 5.63. The quantitative estimate of drug-likeness (QED) is 0.489. The molecule has 1 aliphatic heterocycles. The topological polar surface area (TPSA) is 100 Å². The summed E-state index contributed by atoms with van der Waals surface area (Å²) in [6.45, 7) is 3.75. The standard InChI is InChI=1S/C29H31N3O5S/c1-21-18-32(22(2)20-33)29(34)26-16-24(15-14-23-10-6-4-7-11-23)17-30-28(26)37-27(21)19-31(3)38(35,36)25-12-8-5-9-13-25/h4-13,16-17,21-22,27,33H,18-20H2,1-3H3/t21-,22+,27-/m0/s1. The Kier molecular flexibility index (Phi) is 8.47. The van der Waals surface area contributed by atoms with E-state index in [2.05, 4.69) is 16.8 Å². The van der Waals surface area contributed by atoms with Crippen LogP contribution in [0.4, 0.5) is 0 Å². The Morgan fingerprint density at radius 1 is 1.11 bits per heavy atom. The van der Waals surface area contributed by atoms with Crippen LogP contribution in [0.3, 0.4) is 0 Å². The average Bonchev–Trinajstić information content (AvgIpc) is 2.94. The highest BCUT2D eigenvalue weighted by atomic mass is 32.2. The van der Waals surface area contributed by atoms with Crippen LogP contribution in [-0.2, 0) is 10.0 Å². The Bertz CT molecular complexity index is 1440. The van der Waals surface area contributed by atoms with Crippen molar-refractivity contribution in [1.29, 1.82) is 0 Å². The summed E-state index contributed by atoms with van der Waals surface area (Å²) in [5.41, 5.74) is 1.58. The summed E-state index contributed by atoms with van der Waals surface area (Å²) in [6.07, 6.45) is 0.933. The van der Waals surface area contributed by atoms with Gasteiger partial charge in [0.15, 0.2) is 0 Å². The number of aliphatic hydroxyl groups is 1. The zero-order valence-corrected chi connectivity index (χ0v) is 22.4. The van der Waals surface area contributed by atoms with Crippen molar-refractivity contribution in [3.8, 4) is 17.7 Å². The third-order valence-corrected chi connectivity index (χ3v) is 8.37. The number of carbonyl (C=O) groups is 1. The molecule has 9 heteroatoms. The summed E-state index contributed by atoms with van der Waals surface area (Å²) in [5, 5.41) is 9.86. The highest BCUT2D eigenvalue weighted by molar-refractivity contribution is 7.89. The molecule has 2 heterocycles. The number of pyridine rings is 1. The number of ether oxygens (including phenoxy) is 1. The van der Waals surface area contributed by atoms with Gasteiger partial charge >= 0.3 is 0 Å². The molecular weight excluding hydrogens is 502 g/mol. The van der Waals surface area contributed by atoms with E-state index >= 15 is 0 Å². The van der Waals surface area contributed by atoms with Crippen molar-refractivity contribution in [3.05, 3.63) is 89.6 Å². The van der Waals surface area contributed by atoms with Gasteiger partial charge in [-0.15, -0.1) is 0 Å². The first-order valence-corrected chi connectivity index (χ1v) is 13.8. The Morgan fingerprint density at radius 2 is 1.74 bits per heavy atom. The van der Waals surface area contributed by atoms with Gasteiger partial charge in [0.25, 0.3) is 5.91 Å². The second-order valence-electron chi connectivity index (χ2n) is 9.41. The monoisotopic (exact) mass is 533 g/mol. The van der Waals surface area contributed by atoms with Gasteiger partial charge in [0, 0.05) is 36.8 Å². The zero-order chi connectivity index (χ0) is 27.3. The lowest BCUT2D eigenvalue weighted by molar-refractivity contribution is 0.0373. The molecule has 1 aliphatic rings. The number of hydrogen-bond acceptors (Lipinski definition) is 6. The van der Waals surface area contributed by atoms with E-state index in [9.17, 15) is 18.3 Å². The number of sulfonamides is 1. The number of likely N-dealkylation sites (N-methyl/N-ethyl adjacent to an activating group) is 1. The molecule has 0 bridgehead atoms. The lowest BCUT2D eigenvalue weighted by Crippen LogP contribution is -2.50. The number of benzene rings is 2. The summed E-state index contributed by atoms with van der Waals surface area (Å²) in [7, 11) is -2.24. The van der Waals surface area contributed by atoms with Gasteiger partial charge in [-0.3, -0.25) is 4.79 Å². The lowest BCUT2D eigenvalue weighted by atomic mass is 10.0. The molecule has 198 valence electrons. The first-order valence-electron chi connectivity index (χ1n) is 12.4. The number of rotatable bonds is 6. The van der Waals surface area contributed by atoms with Crippen molar-refractivity contribution in [3.63, 3.8) is 0 Å². The molecule has 3 aromatic rings. The fraction of sp³-hybridized carbons (Fsp3) is 0.310. The minimum absolute atomic E-state index is 0.0462. The molecule has 1 amide bonds. The van der Waals surface area contributed by atoms with Crippen LogP contribution in [0.1, 0.15) is 35.3 Å². The third kappa shape index (κ3) is 6.05. The van der Waals surface area contributed by atoms with Crippen molar-refractivity contribution in [2.24, 2.45) is 5.92 Å². The van der Waals surface area contributed by atoms with Crippen molar-refractivity contribution >= 4 is 15.9 Å². The van der Waals surface area contributed by atoms with Crippen molar-refractivity contribution in [2.45, 2.75) is 30.9 Å². The van der Waals surface area contributed by atoms with Gasteiger partial charge < -0.3 is 14.7 Å². The van der Waals surface area contributed by atoms with E-state index in [-0.39, 0.29) is 47.9 Å². The molecule has 0 radical (unpaired) electrons. The fourth-order valence-electron chi connectivity index (χ4n) is 4.18. The maximum Gasteiger partial charge on any atom is 0.259 e. The van der Waals surface area contributed by atoms with E-state index < -0.39 is 22.2 Å². The number of hydrogen-bond donors (Lipinski definition) is 1. The normalized spacial score (nSPS) is 18.4. The first-order chi connectivity index (χ1) is 18.2. The fourth-order valence-corrected chi connectivity index (χ4v) is 5.38. The smallest absolute Gasteiger partial charge is 0.259 e. The molecule has 0 spiro atoms. The molecule has 0 saturated heterocycles. The van der Waals surface area contributed by atoms with Gasteiger partial charge in [0.05, 0.1) is 24.1 Å². The van der Waals surface area contributed by atoms with Crippen LogP contribution in [0.15, 0.2) is 77.8 Å². The largest absolute Gasteiger partial charge is 0.472 e. The molecule has 0 aliphatic carbocycles. The van der Waals surface area contributed by atoms with Gasteiger partial charge in [-0.25, -0.2) is 13.4 Å². The van der Waals surface area contributed by atoms with E-state index in [0.717, 1.165) is 5.56 Å². The Morgan fingerprint density at radius 3 is 2.39 bits per heavy atom. The SMILES string of the molecule is C[C@H](CO)N1C[C@H](C)[C@H](CN(C)S(=O)(=O)c2ccccc2)Oc2ncc(C#Cc3ccccc3)cc2C1=O. The molecule has 38 heavy (non-hydrogen) atoms. The van der Waals surface area contributed by atoms with E-state index in [1.54, 1.807) is 48.2 Å². The number of fused-ring (bicyclic) bond motifs is 1. The van der Waals surface area contributed by atoms with Crippen LogP contribution >= 0.6 is 0 Å². The summed E-state index contributed by atoms with van der Waals surface area (Å²) >= 11 is 0. The zero-order valence-electron chi connectivity index (χ0n) is 21.6. The molecule has 2 aromatic carbocycles. The molecule has 0 saturated carbocycles. The van der Waals surface area contributed by atoms with E-state index in [1.165, 1.54) is 17.5 Å². The minimum atomic E-state index is -3.75. The molecule has 4 rings (SSSR count). The average molecular weight is 534 g/mol. The molecule has 3 atom stereocenters. The molecule has 1 N–H and O–H groups in total. The number of aliphatic hydroxyl groups excluding tert-OH is 1. The molecule has 0 fully saturated rings. The van der Waals surface area contributed by atoms with Crippen molar-refractivity contribution < 1.29 is 23.1 Å². The first kappa shape index (κ1) is 27.3.